The zero-order valence-electron chi connectivity index (χ0n) is 16.7. The summed E-state index contributed by atoms with van der Waals surface area (Å²) < 4.78 is 10.2. The van der Waals surface area contributed by atoms with Crippen LogP contribution in [0.2, 0.25) is 0 Å². The van der Waals surface area contributed by atoms with E-state index >= 15 is 0 Å². The molecule has 154 valence electrons. The molecule has 1 saturated carbocycles. The van der Waals surface area contributed by atoms with E-state index in [1.807, 2.05) is 0 Å². The van der Waals surface area contributed by atoms with Crippen molar-refractivity contribution in [2.24, 2.45) is 5.92 Å². The van der Waals surface area contributed by atoms with Gasteiger partial charge in [-0.3, -0.25) is 4.79 Å². The highest BCUT2D eigenvalue weighted by Crippen LogP contribution is 2.35. The van der Waals surface area contributed by atoms with Gasteiger partial charge in [0.25, 0.3) is 0 Å². The zero-order chi connectivity index (χ0) is 20.5. The predicted octanol–water partition coefficient (Wildman–Crippen LogP) is 4.88. The molecule has 6 nitrogen and oxygen atoms in total. The molecule has 1 amide bonds. The van der Waals surface area contributed by atoms with Crippen LogP contribution >= 0.6 is 11.3 Å². The number of thiophene rings is 1. The van der Waals surface area contributed by atoms with E-state index in [1.54, 1.807) is 13.8 Å². The van der Waals surface area contributed by atoms with Gasteiger partial charge >= 0.3 is 11.9 Å². The molecule has 0 unspecified atom stereocenters. The number of esters is 2. The van der Waals surface area contributed by atoms with E-state index in [4.69, 9.17) is 9.47 Å². The normalized spacial score (nSPS) is 14.4. The van der Waals surface area contributed by atoms with E-state index in [9.17, 15) is 14.4 Å². The second kappa shape index (κ2) is 11.0. The SMILES string of the molecule is C=CCOC(=O)c1sc(NC(=O)CCC2CCCCC2)c(C(=O)OCC)c1C. The molecule has 1 aliphatic carbocycles. The number of hydrogen-bond donors (Lipinski definition) is 1. The van der Waals surface area contributed by atoms with Gasteiger partial charge in [0.1, 0.15) is 16.5 Å². The summed E-state index contributed by atoms with van der Waals surface area (Å²) in [6.45, 7) is 7.17. The smallest absolute Gasteiger partial charge is 0.348 e. The Balaban J connectivity index is 2.13. The lowest BCUT2D eigenvalue weighted by Crippen LogP contribution is -2.16. The molecule has 0 aromatic carbocycles. The second-order valence-electron chi connectivity index (χ2n) is 6.96. The van der Waals surface area contributed by atoms with Crippen LogP contribution in [-0.2, 0) is 14.3 Å². The lowest BCUT2D eigenvalue weighted by Gasteiger charge is -2.20. The van der Waals surface area contributed by atoms with Crippen LogP contribution in [0, 0.1) is 12.8 Å². The number of carbonyl (C=O) groups is 3. The Bertz CT molecular complexity index is 719. The van der Waals surface area contributed by atoms with E-state index in [-0.39, 0.29) is 29.6 Å². The van der Waals surface area contributed by atoms with Gasteiger partial charge in [-0.05, 0) is 31.7 Å². The molecule has 1 aromatic rings. The summed E-state index contributed by atoms with van der Waals surface area (Å²) in [5.41, 5.74) is 0.684. The topological polar surface area (TPSA) is 81.7 Å². The van der Waals surface area contributed by atoms with Crippen LogP contribution in [0.15, 0.2) is 12.7 Å². The Hall–Kier alpha value is -2.15. The number of rotatable bonds is 9. The van der Waals surface area contributed by atoms with Crippen LogP contribution < -0.4 is 5.32 Å². The standard InChI is InChI=1S/C21H29NO5S/c1-4-13-27-21(25)18-14(3)17(20(24)26-5-2)19(28-18)22-16(23)12-11-15-9-7-6-8-10-15/h4,15H,1,5-13H2,2-3H3,(H,22,23). The van der Waals surface area contributed by atoms with Crippen molar-refractivity contribution in [1.29, 1.82) is 0 Å². The fourth-order valence-electron chi connectivity index (χ4n) is 3.45. The summed E-state index contributed by atoms with van der Waals surface area (Å²) in [7, 11) is 0. The predicted molar refractivity (Wildman–Crippen MR) is 110 cm³/mol. The van der Waals surface area contributed by atoms with Gasteiger partial charge in [0.2, 0.25) is 5.91 Å². The molecule has 0 aliphatic heterocycles. The van der Waals surface area contributed by atoms with E-state index in [1.165, 1.54) is 38.2 Å². The number of amides is 1. The highest BCUT2D eigenvalue weighted by molar-refractivity contribution is 7.18. The first-order chi connectivity index (χ1) is 13.5. The number of nitrogens with one attached hydrogen (secondary N) is 1. The minimum absolute atomic E-state index is 0.0774. The van der Waals surface area contributed by atoms with Gasteiger partial charge in [0.15, 0.2) is 0 Å². The highest BCUT2D eigenvalue weighted by Gasteiger charge is 2.27. The Morgan fingerprint density at radius 2 is 1.89 bits per heavy atom. The molecule has 2 rings (SSSR count). The van der Waals surface area contributed by atoms with Crippen molar-refractivity contribution in [3.05, 3.63) is 28.7 Å². The summed E-state index contributed by atoms with van der Waals surface area (Å²) >= 11 is 1.05. The molecule has 7 heteroatoms. The molecule has 1 N–H and O–H groups in total. The summed E-state index contributed by atoms with van der Waals surface area (Å²) in [4.78, 5) is 37.4. The molecule has 28 heavy (non-hydrogen) atoms. The maximum atomic E-state index is 12.5. The van der Waals surface area contributed by atoms with E-state index < -0.39 is 11.9 Å². The van der Waals surface area contributed by atoms with Crippen LogP contribution in [0.1, 0.15) is 77.5 Å². The van der Waals surface area contributed by atoms with Crippen LogP contribution in [0.5, 0.6) is 0 Å². The van der Waals surface area contributed by atoms with Gasteiger partial charge in [-0.15, -0.1) is 11.3 Å². The monoisotopic (exact) mass is 407 g/mol. The molecule has 0 spiro atoms. The van der Waals surface area contributed by atoms with Gasteiger partial charge in [-0.1, -0.05) is 44.8 Å². The van der Waals surface area contributed by atoms with E-state index in [2.05, 4.69) is 11.9 Å². The maximum absolute atomic E-state index is 12.5. The number of anilines is 1. The number of ether oxygens (including phenoxy) is 2. The molecule has 0 bridgehead atoms. The molecule has 0 saturated heterocycles. The van der Waals surface area contributed by atoms with E-state index in [0.29, 0.717) is 22.9 Å². The van der Waals surface area contributed by atoms with Crippen molar-refractivity contribution in [2.75, 3.05) is 18.5 Å². The van der Waals surface area contributed by atoms with Gasteiger partial charge in [0.05, 0.1) is 12.2 Å². The molecule has 1 aliphatic rings. The van der Waals surface area contributed by atoms with Crippen LogP contribution in [0.4, 0.5) is 5.00 Å². The van der Waals surface area contributed by atoms with Crippen molar-refractivity contribution in [1.82, 2.24) is 0 Å². The molecular formula is C21H29NO5S. The first kappa shape index (κ1) is 22.1. The Labute approximate surface area is 170 Å². The third kappa shape index (κ3) is 5.92. The average molecular weight is 408 g/mol. The first-order valence-electron chi connectivity index (χ1n) is 9.86. The maximum Gasteiger partial charge on any atom is 0.348 e. The summed E-state index contributed by atoms with van der Waals surface area (Å²) in [6, 6.07) is 0. The third-order valence-corrected chi connectivity index (χ3v) is 6.09. The van der Waals surface area contributed by atoms with Gasteiger partial charge in [0, 0.05) is 6.42 Å². The zero-order valence-corrected chi connectivity index (χ0v) is 17.5. The third-order valence-electron chi connectivity index (χ3n) is 4.90. The molecule has 0 radical (unpaired) electrons. The summed E-state index contributed by atoms with van der Waals surface area (Å²) in [6.07, 6.45) is 8.84. The Morgan fingerprint density at radius 1 is 1.18 bits per heavy atom. The fourth-order valence-corrected chi connectivity index (χ4v) is 4.55. The summed E-state index contributed by atoms with van der Waals surface area (Å²) in [5.74, 6) is -0.654. The van der Waals surface area contributed by atoms with Crippen LogP contribution in [-0.4, -0.2) is 31.1 Å². The van der Waals surface area contributed by atoms with Crippen molar-refractivity contribution in [3.63, 3.8) is 0 Å². The van der Waals surface area contributed by atoms with Crippen molar-refractivity contribution < 1.29 is 23.9 Å². The molecule has 1 aromatic heterocycles. The van der Waals surface area contributed by atoms with Gasteiger partial charge in [-0.25, -0.2) is 9.59 Å². The van der Waals surface area contributed by atoms with Crippen molar-refractivity contribution in [3.8, 4) is 0 Å². The molecule has 1 fully saturated rings. The van der Waals surface area contributed by atoms with Crippen molar-refractivity contribution in [2.45, 2.75) is 58.8 Å². The quantitative estimate of drug-likeness (QED) is 0.466. The number of carbonyl (C=O) groups excluding carboxylic acids is 3. The minimum Gasteiger partial charge on any atom is -0.462 e. The average Bonchev–Trinajstić information content (AvgIpc) is 3.01. The van der Waals surface area contributed by atoms with E-state index in [0.717, 1.165) is 17.8 Å². The van der Waals surface area contributed by atoms with Crippen molar-refractivity contribution >= 4 is 34.2 Å². The lowest BCUT2D eigenvalue weighted by atomic mass is 9.86. The second-order valence-corrected chi connectivity index (χ2v) is 7.98. The molecule has 0 atom stereocenters. The highest BCUT2D eigenvalue weighted by atomic mass is 32.1. The Kier molecular flexibility index (Phi) is 8.70. The van der Waals surface area contributed by atoms with Crippen LogP contribution in [0.25, 0.3) is 0 Å². The minimum atomic E-state index is -0.554. The van der Waals surface area contributed by atoms with Gasteiger partial charge in [-0.2, -0.15) is 0 Å². The van der Waals surface area contributed by atoms with Crippen LogP contribution in [0.3, 0.4) is 0 Å². The lowest BCUT2D eigenvalue weighted by molar-refractivity contribution is -0.116. The largest absolute Gasteiger partial charge is 0.462 e. The molecule has 1 heterocycles. The first-order valence-corrected chi connectivity index (χ1v) is 10.7. The Morgan fingerprint density at radius 3 is 2.54 bits per heavy atom. The summed E-state index contributed by atoms with van der Waals surface area (Å²) in [5, 5.41) is 3.16. The molecular weight excluding hydrogens is 378 g/mol. The van der Waals surface area contributed by atoms with Gasteiger partial charge < -0.3 is 14.8 Å². The fraction of sp³-hybridized carbons (Fsp3) is 0.571. The number of hydrogen-bond acceptors (Lipinski definition) is 6.